The Bertz CT molecular complexity index is 469. The van der Waals surface area contributed by atoms with E-state index in [1.807, 2.05) is 0 Å². The third-order valence-electron chi connectivity index (χ3n) is 2.31. The summed E-state index contributed by atoms with van der Waals surface area (Å²) in [6.45, 7) is 0. The zero-order chi connectivity index (χ0) is 13.7. The lowest BCUT2D eigenvalue weighted by Gasteiger charge is -2.07. The van der Waals surface area contributed by atoms with Crippen LogP contribution in [0.5, 0.6) is 0 Å². The molecule has 0 saturated carbocycles. The second-order valence-electron chi connectivity index (χ2n) is 3.56. The van der Waals surface area contributed by atoms with Gasteiger partial charge in [-0.15, -0.1) is 0 Å². The van der Waals surface area contributed by atoms with Gasteiger partial charge in [-0.05, 0) is 12.1 Å². The summed E-state index contributed by atoms with van der Waals surface area (Å²) in [5, 5.41) is 10.4. The lowest BCUT2D eigenvalue weighted by Crippen LogP contribution is -2.33. The topological polar surface area (TPSA) is 113 Å². The molecule has 0 bridgehead atoms. The number of rotatable bonds is 5. The Morgan fingerprint density at radius 3 is 2.39 bits per heavy atom. The Kier molecular flexibility index (Phi) is 4.50. The van der Waals surface area contributed by atoms with E-state index in [2.05, 4.69) is 4.74 Å². The van der Waals surface area contributed by atoms with Gasteiger partial charge in [-0.25, -0.2) is 0 Å². The van der Waals surface area contributed by atoms with Crippen molar-refractivity contribution in [1.82, 2.24) is 0 Å². The lowest BCUT2D eigenvalue weighted by atomic mass is 10.0. The number of carbonyl (C=O) groups excluding carboxylic acids is 2. The minimum atomic E-state index is -1.03. The third kappa shape index (κ3) is 3.36. The number of benzene rings is 1. The SMILES string of the molecule is COC(=O)C(N)CC(=O)c1ccc([N+](=O)[O-])cc1. The monoisotopic (exact) mass is 252 g/mol. The van der Waals surface area contributed by atoms with Crippen molar-refractivity contribution in [2.24, 2.45) is 5.73 Å². The summed E-state index contributed by atoms with van der Waals surface area (Å²) in [7, 11) is 1.18. The second-order valence-corrected chi connectivity index (χ2v) is 3.56. The van der Waals surface area contributed by atoms with Crippen LogP contribution in [0.1, 0.15) is 16.8 Å². The molecule has 18 heavy (non-hydrogen) atoms. The molecule has 0 aliphatic rings. The summed E-state index contributed by atoms with van der Waals surface area (Å²) in [6.07, 6.45) is -0.204. The van der Waals surface area contributed by atoms with Crippen LogP contribution in [0.4, 0.5) is 5.69 Å². The number of hydrogen-bond acceptors (Lipinski definition) is 6. The maximum absolute atomic E-state index is 11.7. The van der Waals surface area contributed by atoms with Crippen LogP contribution >= 0.6 is 0 Å². The Labute approximate surface area is 103 Å². The molecule has 96 valence electrons. The normalized spacial score (nSPS) is 11.7. The van der Waals surface area contributed by atoms with Gasteiger partial charge in [0.2, 0.25) is 0 Å². The predicted molar refractivity (Wildman–Crippen MR) is 62.0 cm³/mol. The van der Waals surface area contributed by atoms with Crippen LogP contribution in [-0.2, 0) is 9.53 Å². The minimum absolute atomic E-state index is 0.108. The molecular formula is C11H12N2O5. The number of non-ortho nitro benzene ring substituents is 1. The zero-order valence-corrected chi connectivity index (χ0v) is 9.66. The van der Waals surface area contributed by atoms with E-state index in [0.717, 1.165) is 0 Å². The number of hydrogen-bond donors (Lipinski definition) is 1. The van der Waals surface area contributed by atoms with Gasteiger partial charge in [0.1, 0.15) is 6.04 Å². The van der Waals surface area contributed by atoms with E-state index in [0.29, 0.717) is 0 Å². The highest BCUT2D eigenvalue weighted by Gasteiger charge is 2.19. The fourth-order valence-electron chi connectivity index (χ4n) is 1.32. The molecule has 0 spiro atoms. The largest absolute Gasteiger partial charge is 0.468 e. The highest BCUT2D eigenvalue weighted by atomic mass is 16.6. The fraction of sp³-hybridized carbons (Fsp3) is 0.273. The molecule has 7 heteroatoms. The molecule has 0 fully saturated rings. The van der Waals surface area contributed by atoms with Crippen molar-refractivity contribution in [1.29, 1.82) is 0 Å². The number of methoxy groups -OCH3 is 1. The number of nitro benzene ring substituents is 1. The molecule has 1 unspecified atom stereocenters. The van der Waals surface area contributed by atoms with Crippen molar-refractivity contribution in [3.8, 4) is 0 Å². The first-order valence-electron chi connectivity index (χ1n) is 5.06. The molecule has 0 saturated heterocycles. The summed E-state index contributed by atoms with van der Waals surface area (Å²) in [5.41, 5.74) is 5.60. The first-order valence-corrected chi connectivity index (χ1v) is 5.06. The molecule has 7 nitrogen and oxygen atoms in total. The Morgan fingerprint density at radius 2 is 1.94 bits per heavy atom. The molecule has 2 N–H and O–H groups in total. The van der Waals surface area contributed by atoms with Crippen molar-refractivity contribution in [3.63, 3.8) is 0 Å². The Hall–Kier alpha value is -2.28. The van der Waals surface area contributed by atoms with Crippen LogP contribution < -0.4 is 5.73 Å². The van der Waals surface area contributed by atoms with E-state index in [1.54, 1.807) is 0 Å². The van der Waals surface area contributed by atoms with Gasteiger partial charge < -0.3 is 10.5 Å². The molecule has 1 aromatic carbocycles. The number of Topliss-reactive ketones (excluding diaryl/α,β-unsaturated/α-hetero) is 1. The second kappa shape index (κ2) is 5.87. The number of carbonyl (C=O) groups is 2. The van der Waals surface area contributed by atoms with Crippen LogP contribution in [-0.4, -0.2) is 29.8 Å². The summed E-state index contributed by atoms with van der Waals surface area (Å²) in [6, 6.07) is 4.06. The average Bonchev–Trinajstić information content (AvgIpc) is 2.37. The van der Waals surface area contributed by atoms with Crippen LogP contribution in [0, 0.1) is 10.1 Å². The first-order chi connectivity index (χ1) is 8.45. The van der Waals surface area contributed by atoms with E-state index < -0.39 is 16.9 Å². The standard InChI is InChI=1S/C11H12N2O5/c1-18-11(15)9(12)6-10(14)7-2-4-8(5-3-7)13(16)17/h2-5,9H,6,12H2,1H3. The molecule has 1 rings (SSSR count). The third-order valence-corrected chi connectivity index (χ3v) is 2.31. The van der Waals surface area contributed by atoms with Gasteiger partial charge in [0.25, 0.3) is 5.69 Å². The van der Waals surface area contributed by atoms with Gasteiger partial charge in [-0.1, -0.05) is 0 Å². The van der Waals surface area contributed by atoms with Crippen LogP contribution in [0.15, 0.2) is 24.3 Å². The van der Waals surface area contributed by atoms with Crippen LogP contribution in [0.2, 0.25) is 0 Å². The van der Waals surface area contributed by atoms with E-state index >= 15 is 0 Å². The summed E-state index contributed by atoms with van der Waals surface area (Å²) in [4.78, 5) is 32.6. The predicted octanol–water partition coefficient (Wildman–Crippen LogP) is 0.668. The maximum Gasteiger partial charge on any atom is 0.323 e. The average molecular weight is 252 g/mol. The van der Waals surface area contributed by atoms with E-state index in [1.165, 1.54) is 31.4 Å². The van der Waals surface area contributed by atoms with Crippen LogP contribution in [0.3, 0.4) is 0 Å². The molecule has 0 aromatic heterocycles. The Balaban J connectivity index is 2.73. The molecule has 1 aromatic rings. The van der Waals surface area contributed by atoms with Gasteiger partial charge in [0.15, 0.2) is 5.78 Å². The number of ketones is 1. The molecule has 0 amide bonds. The number of nitrogens with zero attached hydrogens (tertiary/aromatic N) is 1. The highest BCUT2D eigenvalue weighted by molar-refractivity contribution is 5.98. The summed E-state index contributed by atoms with van der Waals surface area (Å²) < 4.78 is 4.39. The van der Waals surface area contributed by atoms with Crippen molar-refractivity contribution in [2.45, 2.75) is 12.5 Å². The van der Waals surface area contributed by atoms with Crippen molar-refractivity contribution >= 4 is 17.4 Å². The summed E-state index contributed by atoms with van der Waals surface area (Å²) in [5.74, 6) is -1.05. The molecule has 1 atom stereocenters. The summed E-state index contributed by atoms with van der Waals surface area (Å²) >= 11 is 0. The van der Waals surface area contributed by atoms with Crippen molar-refractivity contribution in [3.05, 3.63) is 39.9 Å². The number of esters is 1. The zero-order valence-electron chi connectivity index (χ0n) is 9.66. The number of nitro groups is 1. The molecule has 0 aliphatic heterocycles. The molecule has 0 radical (unpaired) electrons. The number of ether oxygens (including phenoxy) is 1. The highest BCUT2D eigenvalue weighted by Crippen LogP contribution is 2.13. The molecular weight excluding hydrogens is 240 g/mol. The van der Waals surface area contributed by atoms with Crippen LogP contribution in [0.25, 0.3) is 0 Å². The van der Waals surface area contributed by atoms with E-state index in [9.17, 15) is 19.7 Å². The number of nitrogens with two attached hydrogens (primary N) is 1. The quantitative estimate of drug-likeness (QED) is 0.356. The first kappa shape index (κ1) is 13.8. The molecule has 0 heterocycles. The van der Waals surface area contributed by atoms with E-state index in [4.69, 9.17) is 5.73 Å². The van der Waals surface area contributed by atoms with Gasteiger partial charge >= 0.3 is 5.97 Å². The smallest absolute Gasteiger partial charge is 0.323 e. The minimum Gasteiger partial charge on any atom is -0.468 e. The van der Waals surface area contributed by atoms with Crippen molar-refractivity contribution < 1.29 is 19.2 Å². The van der Waals surface area contributed by atoms with E-state index in [-0.39, 0.29) is 23.5 Å². The lowest BCUT2D eigenvalue weighted by molar-refractivity contribution is -0.384. The van der Waals surface area contributed by atoms with Crippen molar-refractivity contribution in [2.75, 3.05) is 7.11 Å². The molecule has 0 aliphatic carbocycles. The fourth-order valence-corrected chi connectivity index (χ4v) is 1.32. The van der Waals surface area contributed by atoms with Gasteiger partial charge in [-0.3, -0.25) is 19.7 Å². The van der Waals surface area contributed by atoms with Gasteiger partial charge in [0, 0.05) is 24.1 Å². The Morgan fingerprint density at radius 1 is 1.39 bits per heavy atom. The maximum atomic E-state index is 11.7. The van der Waals surface area contributed by atoms with Gasteiger partial charge in [0.05, 0.1) is 12.0 Å². The van der Waals surface area contributed by atoms with Gasteiger partial charge in [-0.2, -0.15) is 0 Å².